The van der Waals surface area contributed by atoms with Gasteiger partial charge in [0.25, 0.3) is 0 Å². The quantitative estimate of drug-likeness (QED) is 0.637. The van der Waals surface area contributed by atoms with Gasteiger partial charge >= 0.3 is 0 Å². The van der Waals surface area contributed by atoms with Gasteiger partial charge in [-0.1, -0.05) is 39.5 Å². The number of hydrogen-bond acceptors (Lipinski definition) is 2. The number of aliphatic hydroxyl groups is 1. The highest BCUT2D eigenvalue weighted by molar-refractivity contribution is 4.78. The maximum Gasteiger partial charge on any atom is 0.0766 e. The normalized spacial score (nSPS) is 18.6. The van der Waals surface area contributed by atoms with Crippen LogP contribution in [0, 0.1) is 5.92 Å². The van der Waals surface area contributed by atoms with Crippen molar-refractivity contribution in [3.8, 4) is 0 Å². The summed E-state index contributed by atoms with van der Waals surface area (Å²) in [7, 11) is 0. The van der Waals surface area contributed by atoms with Crippen molar-refractivity contribution in [2.75, 3.05) is 13.1 Å². The van der Waals surface area contributed by atoms with Crippen molar-refractivity contribution in [3.63, 3.8) is 0 Å². The fourth-order valence-electron chi connectivity index (χ4n) is 2.43. The summed E-state index contributed by atoms with van der Waals surface area (Å²) in [5, 5.41) is 13.5. The fourth-order valence-corrected chi connectivity index (χ4v) is 2.43. The van der Waals surface area contributed by atoms with Crippen molar-refractivity contribution in [2.45, 2.75) is 64.4 Å². The molecule has 2 nitrogen and oxygen atoms in total. The summed E-state index contributed by atoms with van der Waals surface area (Å²) in [4.78, 5) is 0. The Labute approximate surface area is 94.5 Å². The Hall–Kier alpha value is -0.0800. The minimum absolute atomic E-state index is 0.477. The van der Waals surface area contributed by atoms with Crippen LogP contribution in [0.4, 0.5) is 0 Å². The van der Waals surface area contributed by atoms with Crippen LogP contribution in [0.15, 0.2) is 0 Å². The molecule has 1 aliphatic carbocycles. The third-order valence-electron chi connectivity index (χ3n) is 3.97. The van der Waals surface area contributed by atoms with E-state index in [4.69, 9.17) is 0 Å². The molecule has 1 rings (SSSR count). The third-order valence-corrected chi connectivity index (χ3v) is 3.97. The van der Waals surface area contributed by atoms with Gasteiger partial charge in [-0.2, -0.15) is 0 Å². The molecule has 0 unspecified atom stereocenters. The maximum absolute atomic E-state index is 10.1. The first-order chi connectivity index (χ1) is 7.20. The molecule has 2 heteroatoms. The summed E-state index contributed by atoms with van der Waals surface area (Å²) in [6, 6.07) is 0. The zero-order chi connectivity index (χ0) is 11.1. The zero-order valence-electron chi connectivity index (χ0n) is 10.4. The lowest BCUT2D eigenvalue weighted by atomic mass is 9.97. The molecule has 0 aromatic carbocycles. The summed E-state index contributed by atoms with van der Waals surface area (Å²) in [5.74, 6) is 0.953. The first-order valence-corrected chi connectivity index (χ1v) is 6.63. The summed E-state index contributed by atoms with van der Waals surface area (Å²) in [6.07, 6.45) is 8.70. The van der Waals surface area contributed by atoms with Crippen molar-refractivity contribution in [2.24, 2.45) is 5.92 Å². The van der Waals surface area contributed by atoms with Crippen molar-refractivity contribution < 1.29 is 5.11 Å². The lowest BCUT2D eigenvalue weighted by Gasteiger charge is -2.25. The van der Waals surface area contributed by atoms with Crippen molar-refractivity contribution >= 4 is 0 Å². The molecule has 0 saturated heterocycles. The molecule has 1 aliphatic rings. The Balaban J connectivity index is 2.04. The van der Waals surface area contributed by atoms with E-state index in [-0.39, 0.29) is 0 Å². The largest absolute Gasteiger partial charge is 0.389 e. The van der Waals surface area contributed by atoms with Crippen LogP contribution in [-0.4, -0.2) is 23.8 Å². The van der Waals surface area contributed by atoms with Crippen molar-refractivity contribution in [1.29, 1.82) is 0 Å². The second-order valence-electron chi connectivity index (χ2n) is 5.05. The Kier molecular flexibility index (Phi) is 5.62. The average molecular weight is 213 g/mol. The van der Waals surface area contributed by atoms with E-state index in [1.54, 1.807) is 0 Å². The first-order valence-electron chi connectivity index (χ1n) is 6.63. The van der Waals surface area contributed by atoms with Gasteiger partial charge in [-0.15, -0.1) is 0 Å². The maximum atomic E-state index is 10.1. The topological polar surface area (TPSA) is 32.3 Å². The molecular weight excluding hydrogens is 186 g/mol. The van der Waals surface area contributed by atoms with Crippen LogP contribution in [0.2, 0.25) is 0 Å². The van der Waals surface area contributed by atoms with Crippen molar-refractivity contribution in [3.05, 3.63) is 0 Å². The molecule has 1 saturated carbocycles. The van der Waals surface area contributed by atoms with Crippen LogP contribution >= 0.6 is 0 Å². The van der Waals surface area contributed by atoms with Gasteiger partial charge in [0.05, 0.1) is 5.60 Å². The van der Waals surface area contributed by atoms with Gasteiger partial charge in [-0.05, 0) is 31.7 Å². The zero-order valence-corrected chi connectivity index (χ0v) is 10.4. The van der Waals surface area contributed by atoms with E-state index < -0.39 is 5.60 Å². The predicted octanol–water partition coefficient (Wildman–Crippen LogP) is 2.71. The Morgan fingerprint density at radius 3 is 2.33 bits per heavy atom. The molecule has 0 aromatic rings. The van der Waals surface area contributed by atoms with Gasteiger partial charge in [0.2, 0.25) is 0 Å². The number of nitrogens with one attached hydrogen (secondary N) is 1. The fraction of sp³-hybridized carbons (Fsp3) is 1.00. The van der Waals surface area contributed by atoms with E-state index in [1.807, 2.05) is 0 Å². The molecule has 0 atom stereocenters. The summed E-state index contributed by atoms with van der Waals surface area (Å²) in [6.45, 7) is 5.95. The van der Waals surface area contributed by atoms with Gasteiger partial charge in [-0.25, -0.2) is 0 Å². The van der Waals surface area contributed by atoms with Crippen LogP contribution in [0.5, 0.6) is 0 Å². The third kappa shape index (κ3) is 4.52. The average Bonchev–Trinajstić information content (AvgIpc) is 2.77. The lowest BCUT2D eigenvalue weighted by molar-refractivity contribution is 0.0324. The van der Waals surface area contributed by atoms with Gasteiger partial charge in [0, 0.05) is 6.54 Å². The standard InChI is InChI=1S/C13H27NO/c1-3-13(15,4-2)11-14-10-9-12-7-5-6-8-12/h12,14-15H,3-11H2,1-2H3. The highest BCUT2D eigenvalue weighted by Crippen LogP contribution is 2.26. The number of rotatable bonds is 7. The molecule has 1 fully saturated rings. The van der Waals surface area contributed by atoms with E-state index in [0.717, 1.165) is 31.8 Å². The minimum atomic E-state index is -0.477. The molecule has 0 heterocycles. The van der Waals surface area contributed by atoms with Gasteiger partial charge in [-0.3, -0.25) is 0 Å². The molecular formula is C13H27NO. The first kappa shape index (κ1) is 13.0. The van der Waals surface area contributed by atoms with Crippen LogP contribution in [0.1, 0.15) is 58.8 Å². The van der Waals surface area contributed by atoms with Crippen LogP contribution in [0.25, 0.3) is 0 Å². The van der Waals surface area contributed by atoms with E-state index in [0.29, 0.717) is 0 Å². The molecule has 0 bridgehead atoms. The van der Waals surface area contributed by atoms with Crippen LogP contribution in [-0.2, 0) is 0 Å². The summed E-state index contributed by atoms with van der Waals surface area (Å²) >= 11 is 0. The van der Waals surface area contributed by atoms with Gasteiger partial charge < -0.3 is 10.4 Å². The second-order valence-corrected chi connectivity index (χ2v) is 5.05. The molecule has 15 heavy (non-hydrogen) atoms. The molecule has 0 amide bonds. The predicted molar refractivity (Wildman–Crippen MR) is 65.0 cm³/mol. The Morgan fingerprint density at radius 2 is 1.80 bits per heavy atom. The monoisotopic (exact) mass is 213 g/mol. The molecule has 0 radical (unpaired) electrons. The summed E-state index contributed by atoms with van der Waals surface area (Å²) in [5.41, 5.74) is -0.477. The Morgan fingerprint density at radius 1 is 1.20 bits per heavy atom. The highest BCUT2D eigenvalue weighted by atomic mass is 16.3. The number of hydrogen-bond donors (Lipinski definition) is 2. The molecule has 90 valence electrons. The van der Waals surface area contributed by atoms with E-state index in [2.05, 4.69) is 19.2 Å². The second kappa shape index (κ2) is 6.49. The lowest BCUT2D eigenvalue weighted by Crippen LogP contribution is -2.40. The smallest absolute Gasteiger partial charge is 0.0766 e. The molecule has 0 spiro atoms. The highest BCUT2D eigenvalue weighted by Gasteiger charge is 2.21. The van der Waals surface area contributed by atoms with E-state index in [1.165, 1.54) is 32.1 Å². The molecule has 0 aromatic heterocycles. The minimum Gasteiger partial charge on any atom is -0.389 e. The molecule has 0 aliphatic heterocycles. The van der Waals surface area contributed by atoms with E-state index in [9.17, 15) is 5.11 Å². The summed E-state index contributed by atoms with van der Waals surface area (Å²) < 4.78 is 0. The van der Waals surface area contributed by atoms with Gasteiger partial charge in [0.15, 0.2) is 0 Å². The SMILES string of the molecule is CCC(O)(CC)CNCCC1CCCC1. The van der Waals surface area contributed by atoms with Crippen molar-refractivity contribution in [1.82, 2.24) is 5.32 Å². The van der Waals surface area contributed by atoms with Crippen LogP contribution < -0.4 is 5.32 Å². The Bertz CT molecular complexity index is 160. The van der Waals surface area contributed by atoms with Gasteiger partial charge in [0.1, 0.15) is 0 Å². The van der Waals surface area contributed by atoms with E-state index >= 15 is 0 Å². The molecule has 2 N–H and O–H groups in total. The van der Waals surface area contributed by atoms with Crippen LogP contribution in [0.3, 0.4) is 0 Å².